The van der Waals surface area contributed by atoms with Crippen LogP contribution in [0, 0.1) is 0 Å². The molecule has 0 fully saturated rings. The van der Waals surface area contributed by atoms with Crippen LogP contribution in [0.1, 0.15) is 21.1 Å². The van der Waals surface area contributed by atoms with E-state index in [-0.39, 0.29) is 18.5 Å². The predicted octanol–water partition coefficient (Wildman–Crippen LogP) is 4.46. The van der Waals surface area contributed by atoms with Crippen molar-refractivity contribution in [2.75, 3.05) is 25.6 Å². The zero-order chi connectivity index (χ0) is 22.9. The summed E-state index contributed by atoms with van der Waals surface area (Å²) in [6, 6.07) is 8.15. The molecule has 0 saturated carbocycles. The van der Waals surface area contributed by atoms with Crippen molar-refractivity contribution in [2.24, 2.45) is 0 Å². The third kappa shape index (κ3) is 6.89. The molecule has 0 atom stereocenters. The maximum Gasteiger partial charge on any atom is 0.322 e. The lowest BCUT2D eigenvalue weighted by Crippen LogP contribution is -2.36. The number of hydrogen-bond donors (Lipinski definition) is 2. The smallest absolute Gasteiger partial charge is 0.322 e. The largest absolute Gasteiger partial charge is 0.383 e. The Kier molecular flexibility index (Phi) is 8.81. The Balaban J connectivity index is 1.62. The van der Waals surface area contributed by atoms with Gasteiger partial charge in [0, 0.05) is 43.7 Å². The molecule has 3 aromatic rings. The Labute approximate surface area is 199 Å². The van der Waals surface area contributed by atoms with Crippen molar-refractivity contribution >= 4 is 52.2 Å². The minimum Gasteiger partial charge on any atom is -0.383 e. The number of methoxy groups -OCH3 is 1. The first kappa shape index (κ1) is 23.9. The van der Waals surface area contributed by atoms with Crippen LogP contribution in [0.15, 0.2) is 48.1 Å². The Morgan fingerprint density at radius 1 is 1.16 bits per heavy atom. The fraction of sp³-hybridized carbons (Fsp3) is 0.238. The van der Waals surface area contributed by atoms with E-state index in [2.05, 4.69) is 20.6 Å². The number of thiazole rings is 1. The number of ether oxygens (including phenoxy) is 1. The van der Waals surface area contributed by atoms with Crippen LogP contribution >= 0.6 is 34.5 Å². The van der Waals surface area contributed by atoms with Gasteiger partial charge in [0.25, 0.3) is 5.91 Å². The number of hydrogen-bond acceptors (Lipinski definition) is 6. The first-order valence-electron chi connectivity index (χ1n) is 9.57. The summed E-state index contributed by atoms with van der Waals surface area (Å²) in [6.07, 6.45) is 3.33. The minimum atomic E-state index is -0.348. The molecular weight excluding hydrogens is 473 g/mol. The van der Waals surface area contributed by atoms with Gasteiger partial charge in [-0.05, 0) is 35.9 Å². The van der Waals surface area contributed by atoms with E-state index in [0.29, 0.717) is 46.1 Å². The van der Waals surface area contributed by atoms with Gasteiger partial charge in [-0.3, -0.25) is 9.78 Å². The zero-order valence-corrected chi connectivity index (χ0v) is 19.5. The van der Waals surface area contributed by atoms with Crippen molar-refractivity contribution in [2.45, 2.75) is 13.1 Å². The number of anilines is 1. The summed E-state index contributed by atoms with van der Waals surface area (Å²) in [5.41, 5.74) is 1.76. The number of amides is 3. The number of rotatable bonds is 9. The topological polar surface area (TPSA) is 96.4 Å². The van der Waals surface area contributed by atoms with Gasteiger partial charge >= 0.3 is 6.03 Å². The standard InChI is InChI=1S/C21H21Cl2N5O3S/c1-31-9-8-28(21(30)26-15-2-3-16(22)17(23)10-15)12-19-27-18(13-32-19)20(29)25-11-14-4-6-24-7-5-14/h2-7,10,13H,8-9,11-12H2,1H3,(H,25,29)(H,26,30). The van der Waals surface area contributed by atoms with Gasteiger partial charge in [-0.25, -0.2) is 9.78 Å². The van der Waals surface area contributed by atoms with Crippen LogP contribution in [0.25, 0.3) is 0 Å². The van der Waals surface area contributed by atoms with Crippen LogP contribution in [-0.2, 0) is 17.8 Å². The molecule has 32 heavy (non-hydrogen) atoms. The number of urea groups is 1. The first-order valence-corrected chi connectivity index (χ1v) is 11.2. The summed E-state index contributed by atoms with van der Waals surface area (Å²) in [5.74, 6) is -0.284. The monoisotopic (exact) mass is 493 g/mol. The fourth-order valence-electron chi connectivity index (χ4n) is 2.65. The summed E-state index contributed by atoms with van der Waals surface area (Å²) >= 11 is 13.3. The van der Waals surface area contributed by atoms with Gasteiger partial charge < -0.3 is 20.3 Å². The quantitative estimate of drug-likeness (QED) is 0.458. The third-order valence-corrected chi connectivity index (χ3v) is 5.91. The number of pyridine rings is 1. The highest BCUT2D eigenvalue weighted by Gasteiger charge is 2.18. The van der Waals surface area contributed by atoms with Crippen LogP contribution in [0.5, 0.6) is 0 Å². The van der Waals surface area contributed by atoms with E-state index < -0.39 is 0 Å². The number of aromatic nitrogens is 2. The van der Waals surface area contributed by atoms with E-state index in [1.54, 1.807) is 48.0 Å². The molecule has 2 aromatic heterocycles. The maximum atomic E-state index is 12.8. The molecule has 0 bridgehead atoms. The number of nitrogens with zero attached hydrogens (tertiary/aromatic N) is 3. The molecule has 8 nitrogen and oxygen atoms in total. The van der Waals surface area contributed by atoms with Gasteiger partial charge in [-0.1, -0.05) is 23.2 Å². The molecule has 0 aliphatic rings. The van der Waals surface area contributed by atoms with Gasteiger partial charge in [-0.2, -0.15) is 0 Å². The molecule has 3 rings (SSSR count). The normalized spacial score (nSPS) is 10.6. The summed E-state index contributed by atoms with van der Waals surface area (Å²) in [5, 5.41) is 8.65. The second-order valence-electron chi connectivity index (χ2n) is 6.64. The number of benzene rings is 1. The van der Waals surface area contributed by atoms with E-state index in [1.807, 2.05) is 12.1 Å². The lowest BCUT2D eigenvalue weighted by atomic mass is 10.2. The second-order valence-corrected chi connectivity index (χ2v) is 8.40. The molecule has 2 N–H and O–H groups in total. The Morgan fingerprint density at radius 3 is 2.66 bits per heavy atom. The molecule has 0 unspecified atom stereocenters. The van der Waals surface area contributed by atoms with Gasteiger partial charge in [0.15, 0.2) is 0 Å². The predicted molar refractivity (Wildman–Crippen MR) is 125 cm³/mol. The van der Waals surface area contributed by atoms with Crippen LogP contribution in [0.3, 0.4) is 0 Å². The summed E-state index contributed by atoms with van der Waals surface area (Å²) in [4.78, 5) is 35.1. The Morgan fingerprint density at radius 2 is 1.94 bits per heavy atom. The van der Waals surface area contributed by atoms with E-state index in [1.165, 1.54) is 11.3 Å². The Bertz CT molecular complexity index is 1060. The van der Waals surface area contributed by atoms with E-state index in [0.717, 1.165) is 5.56 Å². The molecule has 1 aromatic carbocycles. The number of nitrogens with one attached hydrogen (secondary N) is 2. The summed E-state index contributed by atoms with van der Waals surface area (Å²) in [6.45, 7) is 1.28. The van der Waals surface area contributed by atoms with Crippen molar-refractivity contribution in [3.63, 3.8) is 0 Å². The SMILES string of the molecule is COCCN(Cc1nc(C(=O)NCc2ccncc2)cs1)C(=O)Nc1ccc(Cl)c(Cl)c1. The third-order valence-electron chi connectivity index (χ3n) is 4.34. The van der Waals surface area contributed by atoms with Crippen molar-refractivity contribution in [1.82, 2.24) is 20.2 Å². The first-order chi connectivity index (χ1) is 15.5. The minimum absolute atomic E-state index is 0.221. The lowest BCUT2D eigenvalue weighted by molar-refractivity contribution is 0.0946. The van der Waals surface area contributed by atoms with E-state index >= 15 is 0 Å². The van der Waals surface area contributed by atoms with Crippen LogP contribution in [0.4, 0.5) is 10.5 Å². The number of carbonyl (C=O) groups excluding carboxylic acids is 2. The average molecular weight is 494 g/mol. The molecule has 0 spiro atoms. The highest BCUT2D eigenvalue weighted by atomic mass is 35.5. The molecule has 0 aliphatic heterocycles. The van der Waals surface area contributed by atoms with Gasteiger partial charge in [0.2, 0.25) is 0 Å². The zero-order valence-electron chi connectivity index (χ0n) is 17.2. The van der Waals surface area contributed by atoms with Gasteiger partial charge in [0.05, 0.1) is 23.2 Å². The average Bonchev–Trinajstić information content (AvgIpc) is 3.27. The Hall–Kier alpha value is -2.72. The van der Waals surface area contributed by atoms with Crippen LogP contribution in [0.2, 0.25) is 10.0 Å². The highest BCUT2D eigenvalue weighted by Crippen LogP contribution is 2.25. The van der Waals surface area contributed by atoms with Gasteiger partial charge in [0.1, 0.15) is 10.7 Å². The van der Waals surface area contributed by atoms with Crippen molar-refractivity contribution in [3.8, 4) is 0 Å². The second kappa shape index (κ2) is 11.8. The molecule has 2 heterocycles. The number of carbonyl (C=O) groups is 2. The summed E-state index contributed by atoms with van der Waals surface area (Å²) in [7, 11) is 1.56. The highest BCUT2D eigenvalue weighted by molar-refractivity contribution is 7.09. The van der Waals surface area contributed by atoms with E-state index in [4.69, 9.17) is 27.9 Å². The molecule has 0 radical (unpaired) electrons. The molecule has 0 saturated heterocycles. The lowest BCUT2D eigenvalue weighted by Gasteiger charge is -2.22. The van der Waals surface area contributed by atoms with Crippen molar-refractivity contribution in [1.29, 1.82) is 0 Å². The maximum absolute atomic E-state index is 12.8. The molecule has 11 heteroatoms. The number of halogens is 2. The van der Waals surface area contributed by atoms with E-state index in [9.17, 15) is 9.59 Å². The molecular formula is C21H21Cl2N5O3S. The fourth-order valence-corrected chi connectivity index (χ4v) is 3.74. The molecule has 168 valence electrons. The molecule has 0 aliphatic carbocycles. The van der Waals surface area contributed by atoms with Crippen molar-refractivity contribution < 1.29 is 14.3 Å². The van der Waals surface area contributed by atoms with Crippen LogP contribution < -0.4 is 10.6 Å². The van der Waals surface area contributed by atoms with Crippen LogP contribution in [-0.4, -0.2) is 47.1 Å². The molecule has 3 amide bonds. The van der Waals surface area contributed by atoms with Gasteiger partial charge in [-0.15, -0.1) is 11.3 Å². The summed E-state index contributed by atoms with van der Waals surface area (Å²) < 4.78 is 5.12. The van der Waals surface area contributed by atoms with Crippen molar-refractivity contribution in [3.05, 3.63) is 74.4 Å².